The lowest BCUT2D eigenvalue weighted by Gasteiger charge is -2.20. The zero-order chi connectivity index (χ0) is 13.0. The fourth-order valence-corrected chi connectivity index (χ4v) is 3.97. The highest BCUT2D eigenvalue weighted by Gasteiger charge is 2.19. The van der Waals surface area contributed by atoms with E-state index in [4.69, 9.17) is 5.73 Å². The van der Waals surface area contributed by atoms with Crippen LogP contribution in [-0.2, 0) is 0 Å². The van der Waals surface area contributed by atoms with Crippen LogP contribution in [0, 0.1) is 6.92 Å². The second kappa shape index (κ2) is 6.43. The molecule has 1 fully saturated rings. The summed E-state index contributed by atoms with van der Waals surface area (Å²) in [5.41, 5.74) is 8.30. The van der Waals surface area contributed by atoms with E-state index in [0.29, 0.717) is 11.9 Å². The molecule has 0 aliphatic heterocycles. The number of hydrogen-bond acceptors (Lipinski definition) is 4. The van der Waals surface area contributed by atoms with Crippen LogP contribution >= 0.6 is 11.8 Å². The van der Waals surface area contributed by atoms with Gasteiger partial charge < -0.3 is 11.1 Å². The Balaban J connectivity index is 2.00. The number of nitrogens with one attached hydrogen (secondary N) is 1. The Bertz CT molecular complexity index is 389. The molecule has 4 heteroatoms. The molecule has 1 unspecified atom stereocenters. The second-order valence-corrected chi connectivity index (χ2v) is 6.40. The highest BCUT2D eigenvalue weighted by atomic mass is 32.2. The molecule has 1 aliphatic rings. The van der Waals surface area contributed by atoms with Crippen LogP contribution in [-0.4, -0.2) is 23.0 Å². The van der Waals surface area contributed by atoms with Crippen LogP contribution in [0.1, 0.15) is 42.9 Å². The summed E-state index contributed by atoms with van der Waals surface area (Å²) in [5.74, 6) is 1.74. The summed E-state index contributed by atoms with van der Waals surface area (Å²) >= 11 is 2.08. The molecule has 2 rings (SSSR count). The minimum absolute atomic E-state index is 0.308. The minimum atomic E-state index is 0.308. The number of nitrogen functional groups attached to an aromatic ring is 1. The summed E-state index contributed by atoms with van der Waals surface area (Å²) in [5, 5.41) is 4.22. The SMILES string of the molecule is CNC(CSC1CCCC1)c1cc(C)cnc1N. The van der Waals surface area contributed by atoms with Crippen LogP contribution in [0.2, 0.25) is 0 Å². The summed E-state index contributed by atoms with van der Waals surface area (Å²) in [4.78, 5) is 4.26. The average molecular weight is 265 g/mol. The van der Waals surface area contributed by atoms with E-state index in [2.05, 4.69) is 35.1 Å². The van der Waals surface area contributed by atoms with Crippen molar-refractivity contribution < 1.29 is 0 Å². The zero-order valence-corrected chi connectivity index (χ0v) is 12.1. The van der Waals surface area contributed by atoms with Crippen molar-refractivity contribution in [3.63, 3.8) is 0 Å². The van der Waals surface area contributed by atoms with E-state index in [1.807, 2.05) is 13.2 Å². The number of nitrogens with two attached hydrogens (primary N) is 1. The predicted octanol–water partition coefficient (Wildman–Crippen LogP) is 2.91. The van der Waals surface area contributed by atoms with E-state index < -0.39 is 0 Å². The number of aryl methyl sites for hydroxylation is 1. The molecule has 1 saturated carbocycles. The monoisotopic (exact) mass is 265 g/mol. The summed E-state index contributed by atoms with van der Waals surface area (Å²) in [7, 11) is 2.00. The van der Waals surface area contributed by atoms with E-state index in [9.17, 15) is 0 Å². The third kappa shape index (κ3) is 3.39. The van der Waals surface area contributed by atoms with Crippen molar-refractivity contribution in [1.29, 1.82) is 0 Å². The fraction of sp³-hybridized carbons (Fsp3) is 0.643. The average Bonchev–Trinajstić information content (AvgIpc) is 2.87. The third-order valence-corrected chi connectivity index (χ3v) is 5.08. The van der Waals surface area contributed by atoms with Crippen molar-refractivity contribution >= 4 is 17.6 Å². The lowest BCUT2D eigenvalue weighted by Crippen LogP contribution is -2.21. The molecule has 3 nitrogen and oxygen atoms in total. The molecule has 0 saturated heterocycles. The van der Waals surface area contributed by atoms with Crippen molar-refractivity contribution in [3.8, 4) is 0 Å². The topological polar surface area (TPSA) is 50.9 Å². The fourth-order valence-electron chi connectivity index (χ4n) is 2.50. The Morgan fingerprint density at radius 1 is 1.50 bits per heavy atom. The number of nitrogens with zero attached hydrogens (tertiary/aromatic N) is 1. The van der Waals surface area contributed by atoms with Gasteiger partial charge in [0.25, 0.3) is 0 Å². The van der Waals surface area contributed by atoms with Crippen molar-refractivity contribution in [2.75, 3.05) is 18.5 Å². The summed E-state index contributed by atoms with van der Waals surface area (Å²) in [6.45, 7) is 2.06. The summed E-state index contributed by atoms with van der Waals surface area (Å²) in [6.07, 6.45) is 7.38. The summed E-state index contributed by atoms with van der Waals surface area (Å²) in [6, 6.07) is 2.46. The standard InChI is InChI=1S/C14H23N3S/c1-10-7-12(14(15)17-8-10)13(16-2)9-18-11-5-3-4-6-11/h7-8,11,13,16H,3-6,9H2,1-2H3,(H2,15,17). The third-order valence-electron chi connectivity index (χ3n) is 3.61. The molecule has 0 aromatic carbocycles. The highest BCUT2D eigenvalue weighted by molar-refractivity contribution is 7.99. The van der Waals surface area contributed by atoms with Gasteiger partial charge in [-0.15, -0.1) is 0 Å². The van der Waals surface area contributed by atoms with E-state index in [-0.39, 0.29) is 0 Å². The molecule has 0 bridgehead atoms. The van der Waals surface area contributed by atoms with Gasteiger partial charge in [0.05, 0.1) is 0 Å². The van der Waals surface area contributed by atoms with Gasteiger partial charge >= 0.3 is 0 Å². The van der Waals surface area contributed by atoms with Crippen LogP contribution in [0.25, 0.3) is 0 Å². The number of anilines is 1. The maximum absolute atomic E-state index is 5.99. The maximum Gasteiger partial charge on any atom is 0.128 e. The zero-order valence-electron chi connectivity index (χ0n) is 11.3. The molecule has 3 N–H and O–H groups in total. The molecule has 1 heterocycles. The van der Waals surface area contributed by atoms with Crippen LogP contribution in [0.15, 0.2) is 12.3 Å². The van der Waals surface area contributed by atoms with Crippen molar-refractivity contribution in [2.24, 2.45) is 0 Å². The van der Waals surface area contributed by atoms with Gasteiger partial charge in [0.2, 0.25) is 0 Å². The van der Waals surface area contributed by atoms with Gasteiger partial charge in [-0.1, -0.05) is 12.8 Å². The number of aromatic nitrogens is 1. The molecule has 1 aromatic heterocycles. The van der Waals surface area contributed by atoms with Gasteiger partial charge in [-0.25, -0.2) is 4.98 Å². The molecule has 100 valence electrons. The van der Waals surface area contributed by atoms with Gasteiger partial charge in [-0.2, -0.15) is 11.8 Å². The Morgan fingerprint density at radius 2 is 2.22 bits per heavy atom. The highest BCUT2D eigenvalue weighted by Crippen LogP contribution is 2.32. The molecule has 0 amide bonds. The van der Waals surface area contributed by atoms with Crippen molar-refractivity contribution in [3.05, 3.63) is 23.4 Å². The Hall–Kier alpha value is -0.740. The van der Waals surface area contributed by atoms with Gasteiger partial charge in [0, 0.05) is 28.8 Å². The molecule has 1 atom stereocenters. The van der Waals surface area contributed by atoms with Gasteiger partial charge in [0.1, 0.15) is 5.82 Å². The van der Waals surface area contributed by atoms with E-state index in [1.54, 1.807) is 0 Å². The van der Waals surface area contributed by atoms with Crippen LogP contribution in [0.4, 0.5) is 5.82 Å². The first-order valence-corrected chi connectivity index (χ1v) is 7.76. The van der Waals surface area contributed by atoms with Crippen LogP contribution in [0.5, 0.6) is 0 Å². The van der Waals surface area contributed by atoms with Crippen molar-refractivity contribution in [1.82, 2.24) is 10.3 Å². The first-order valence-electron chi connectivity index (χ1n) is 6.71. The largest absolute Gasteiger partial charge is 0.383 e. The number of hydrogen-bond donors (Lipinski definition) is 2. The molecule has 0 radical (unpaired) electrons. The lowest BCUT2D eigenvalue weighted by molar-refractivity contribution is 0.659. The lowest BCUT2D eigenvalue weighted by atomic mass is 10.1. The Morgan fingerprint density at radius 3 is 2.89 bits per heavy atom. The quantitative estimate of drug-likeness (QED) is 0.859. The van der Waals surface area contributed by atoms with Crippen LogP contribution < -0.4 is 11.1 Å². The first kappa shape index (κ1) is 13.7. The van der Waals surface area contributed by atoms with Crippen LogP contribution in [0.3, 0.4) is 0 Å². The normalized spacial score (nSPS) is 18.1. The molecular formula is C14H23N3S. The first-order chi connectivity index (χ1) is 8.70. The molecule has 18 heavy (non-hydrogen) atoms. The summed E-state index contributed by atoms with van der Waals surface area (Å²) < 4.78 is 0. The van der Waals surface area contributed by atoms with Gasteiger partial charge in [-0.3, -0.25) is 0 Å². The van der Waals surface area contributed by atoms with Gasteiger partial charge in [0.15, 0.2) is 0 Å². The smallest absolute Gasteiger partial charge is 0.128 e. The number of rotatable bonds is 5. The van der Waals surface area contributed by atoms with E-state index >= 15 is 0 Å². The maximum atomic E-state index is 5.99. The molecular weight excluding hydrogens is 242 g/mol. The minimum Gasteiger partial charge on any atom is -0.383 e. The molecule has 1 aromatic rings. The van der Waals surface area contributed by atoms with E-state index in [0.717, 1.165) is 16.6 Å². The number of pyridine rings is 1. The van der Waals surface area contributed by atoms with Gasteiger partial charge in [-0.05, 0) is 38.4 Å². The Kier molecular flexibility index (Phi) is 4.89. The molecule has 1 aliphatic carbocycles. The second-order valence-electron chi connectivity index (χ2n) is 5.07. The predicted molar refractivity (Wildman–Crippen MR) is 79.9 cm³/mol. The Labute approximate surface area is 114 Å². The molecule has 0 spiro atoms. The number of thioether (sulfide) groups is 1. The van der Waals surface area contributed by atoms with Crippen molar-refractivity contribution in [2.45, 2.75) is 43.9 Å². The van der Waals surface area contributed by atoms with E-state index in [1.165, 1.54) is 31.2 Å².